The highest BCUT2D eigenvalue weighted by molar-refractivity contribution is 6.33. The second kappa shape index (κ2) is 6.74. The average Bonchev–Trinajstić information content (AvgIpc) is 3.12. The maximum atomic E-state index is 11.4. The SMILES string of the molecule is COc1cccc(-c2cc(-c3ccccc3Cl)n3nc(C(=O)O)cc3n2)c1. The largest absolute Gasteiger partial charge is 0.497 e. The normalized spacial score (nSPS) is 10.9. The summed E-state index contributed by atoms with van der Waals surface area (Å²) in [5, 5.41) is 14.0. The zero-order valence-corrected chi connectivity index (χ0v) is 15.0. The molecule has 2 aromatic carbocycles. The molecule has 7 heteroatoms. The van der Waals surface area contributed by atoms with E-state index in [0.29, 0.717) is 27.8 Å². The topological polar surface area (TPSA) is 76.7 Å². The molecular formula is C20H14ClN3O3. The van der Waals surface area contributed by atoms with E-state index in [-0.39, 0.29) is 5.69 Å². The molecule has 0 saturated carbocycles. The summed E-state index contributed by atoms with van der Waals surface area (Å²) in [6.45, 7) is 0. The Balaban J connectivity index is 2.01. The number of carbonyl (C=O) groups is 1. The quantitative estimate of drug-likeness (QED) is 0.567. The second-order valence-corrected chi connectivity index (χ2v) is 6.25. The molecule has 0 aliphatic heterocycles. The lowest BCUT2D eigenvalue weighted by Gasteiger charge is -2.10. The van der Waals surface area contributed by atoms with E-state index in [2.05, 4.69) is 10.1 Å². The number of aromatic carboxylic acids is 1. The Morgan fingerprint density at radius 2 is 1.93 bits per heavy atom. The van der Waals surface area contributed by atoms with E-state index in [0.717, 1.165) is 11.1 Å². The maximum Gasteiger partial charge on any atom is 0.356 e. The molecule has 2 heterocycles. The summed E-state index contributed by atoms with van der Waals surface area (Å²) in [5.41, 5.74) is 3.21. The van der Waals surface area contributed by atoms with Crippen molar-refractivity contribution in [3.05, 3.63) is 71.4 Å². The molecule has 6 nitrogen and oxygen atoms in total. The van der Waals surface area contributed by atoms with Gasteiger partial charge in [-0.1, -0.05) is 41.9 Å². The number of halogens is 1. The van der Waals surface area contributed by atoms with E-state index in [1.165, 1.54) is 10.6 Å². The summed E-state index contributed by atoms with van der Waals surface area (Å²) >= 11 is 6.38. The fraction of sp³-hybridized carbons (Fsp3) is 0.0500. The van der Waals surface area contributed by atoms with Gasteiger partial charge in [0.15, 0.2) is 11.3 Å². The zero-order valence-electron chi connectivity index (χ0n) is 14.3. The van der Waals surface area contributed by atoms with Crippen molar-refractivity contribution in [1.29, 1.82) is 0 Å². The molecular weight excluding hydrogens is 366 g/mol. The van der Waals surface area contributed by atoms with Crippen LogP contribution in [0.3, 0.4) is 0 Å². The van der Waals surface area contributed by atoms with Crippen LogP contribution >= 0.6 is 11.6 Å². The lowest BCUT2D eigenvalue weighted by molar-refractivity contribution is 0.0690. The highest BCUT2D eigenvalue weighted by Gasteiger charge is 2.17. The number of rotatable bonds is 4. The Bertz CT molecular complexity index is 1170. The minimum absolute atomic E-state index is 0.0846. The molecule has 0 atom stereocenters. The Hall–Kier alpha value is -3.38. The highest BCUT2D eigenvalue weighted by Crippen LogP contribution is 2.32. The van der Waals surface area contributed by atoms with E-state index < -0.39 is 5.97 Å². The molecule has 2 aromatic heterocycles. The summed E-state index contributed by atoms with van der Waals surface area (Å²) < 4.78 is 6.78. The van der Waals surface area contributed by atoms with Gasteiger partial charge in [-0.2, -0.15) is 5.10 Å². The molecule has 27 heavy (non-hydrogen) atoms. The van der Waals surface area contributed by atoms with E-state index >= 15 is 0 Å². The van der Waals surface area contributed by atoms with Gasteiger partial charge in [-0.25, -0.2) is 14.3 Å². The minimum atomic E-state index is -1.12. The first kappa shape index (κ1) is 17.1. The lowest BCUT2D eigenvalue weighted by Crippen LogP contribution is -2.01. The minimum Gasteiger partial charge on any atom is -0.497 e. The van der Waals surface area contributed by atoms with Gasteiger partial charge in [0.25, 0.3) is 0 Å². The van der Waals surface area contributed by atoms with E-state index in [1.807, 2.05) is 48.5 Å². The summed E-state index contributed by atoms with van der Waals surface area (Å²) in [4.78, 5) is 16.0. The van der Waals surface area contributed by atoms with Crippen molar-refractivity contribution >= 4 is 23.2 Å². The monoisotopic (exact) mass is 379 g/mol. The van der Waals surface area contributed by atoms with Gasteiger partial charge in [-0.15, -0.1) is 0 Å². The molecule has 0 amide bonds. The predicted molar refractivity (Wildman–Crippen MR) is 102 cm³/mol. The predicted octanol–water partition coefficient (Wildman–Crippen LogP) is 4.42. The van der Waals surface area contributed by atoms with Crippen LogP contribution < -0.4 is 4.74 Å². The number of carboxylic acids is 1. The molecule has 0 aliphatic carbocycles. The van der Waals surface area contributed by atoms with Crippen LogP contribution in [0.15, 0.2) is 60.7 Å². The first-order chi connectivity index (χ1) is 13.1. The van der Waals surface area contributed by atoms with Gasteiger partial charge in [0, 0.05) is 22.2 Å². The molecule has 134 valence electrons. The van der Waals surface area contributed by atoms with Crippen LogP contribution in [0.25, 0.3) is 28.2 Å². The molecule has 0 radical (unpaired) electrons. The summed E-state index contributed by atoms with van der Waals surface area (Å²) in [6.07, 6.45) is 0. The fourth-order valence-electron chi connectivity index (χ4n) is 2.87. The van der Waals surface area contributed by atoms with Gasteiger partial charge in [0.2, 0.25) is 0 Å². The number of benzene rings is 2. The van der Waals surface area contributed by atoms with Gasteiger partial charge in [-0.3, -0.25) is 0 Å². The van der Waals surface area contributed by atoms with E-state index in [9.17, 15) is 9.90 Å². The van der Waals surface area contributed by atoms with Gasteiger partial charge < -0.3 is 9.84 Å². The second-order valence-electron chi connectivity index (χ2n) is 5.84. The number of hydrogen-bond acceptors (Lipinski definition) is 4. The van der Waals surface area contributed by atoms with Crippen molar-refractivity contribution in [3.8, 4) is 28.3 Å². The molecule has 4 aromatic rings. The van der Waals surface area contributed by atoms with Crippen molar-refractivity contribution in [1.82, 2.24) is 14.6 Å². The van der Waals surface area contributed by atoms with Crippen LogP contribution in [0, 0.1) is 0 Å². The highest BCUT2D eigenvalue weighted by atomic mass is 35.5. The average molecular weight is 380 g/mol. The Labute approximate surface area is 159 Å². The molecule has 0 aliphatic rings. The maximum absolute atomic E-state index is 11.4. The van der Waals surface area contributed by atoms with Gasteiger partial charge >= 0.3 is 5.97 Å². The summed E-state index contributed by atoms with van der Waals surface area (Å²) in [7, 11) is 1.60. The van der Waals surface area contributed by atoms with Crippen molar-refractivity contribution < 1.29 is 14.6 Å². The first-order valence-corrected chi connectivity index (χ1v) is 8.48. The summed E-state index contributed by atoms with van der Waals surface area (Å²) in [5.74, 6) is -0.415. The zero-order chi connectivity index (χ0) is 19.0. The third-order valence-electron chi connectivity index (χ3n) is 4.16. The molecule has 0 fully saturated rings. The Morgan fingerprint density at radius 3 is 2.67 bits per heavy atom. The third-order valence-corrected chi connectivity index (χ3v) is 4.49. The molecule has 0 spiro atoms. The van der Waals surface area contributed by atoms with Crippen molar-refractivity contribution in [2.24, 2.45) is 0 Å². The standard InChI is InChI=1S/C20H14ClN3O3/c1-27-13-6-4-5-12(9-13)16-10-18(14-7-2-3-8-15(14)21)24-19(22-16)11-17(23-24)20(25)26/h2-11H,1H3,(H,25,26). The number of methoxy groups -OCH3 is 1. The molecule has 4 rings (SSSR count). The van der Waals surface area contributed by atoms with Crippen LogP contribution in [-0.2, 0) is 0 Å². The smallest absolute Gasteiger partial charge is 0.356 e. The van der Waals surface area contributed by atoms with Gasteiger partial charge in [-0.05, 0) is 24.3 Å². The van der Waals surface area contributed by atoms with Crippen molar-refractivity contribution in [3.63, 3.8) is 0 Å². The number of ether oxygens (including phenoxy) is 1. The number of aromatic nitrogens is 3. The first-order valence-electron chi connectivity index (χ1n) is 8.10. The number of fused-ring (bicyclic) bond motifs is 1. The molecule has 0 bridgehead atoms. The van der Waals surface area contributed by atoms with Crippen LogP contribution in [-0.4, -0.2) is 32.8 Å². The van der Waals surface area contributed by atoms with Crippen molar-refractivity contribution in [2.75, 3.05) is 7.11 Å². The molecule has 0 saturated heterocycles. The van der Waals surface area contributed by atoms with Crippen LogP contribution in [0.1, 0.15) is 10.5 Å². The van der Waals surface area contributed by atoms with Gasteiger partial charge in [0.05, 0.1) is 18.5 Å². The third kappa shape index (κ3) is 3.11. The molecule has 1 N–H and O–H groups in total. The number of nitrogens with zero attached hydrogens (tertiary/aromatic N) is 3. The van der Waals surface area contributed by atoms with Crippen molar-refractivity contribution in [2.45, 2.75) is 0 Å². The van der Waals surface area contributed by atoms with Gasteiger partial charge in [0.1, 0.15) is 5.75 Å². The summed E-state index contributed by atoms with van der Waals surface area (Å²) in [6, 6.07) is 18.1. The molecule has 0 unspecified atom stereocenters. The van der Waals surface area contributed by atoms with Crippen LogP contribution in [0.5, 0.6) is 5.75 Å². The number of hydrogen-bond donors (Lipinski definition) is 1. The Morgan fingerprint density at radius 1 is 1.11 bits per heavy atom. The van der Waals surface area contributed by atoms with Crippen LogP contribution in [0.2, 0.25) is 5.02 Å². The van der Waals surface area contributed by atoms with E-state index in [1.54, 1.807) is 13.2 Å². The van der Waals surface area contributed by atoms with Crippen LogP contribution in [0.4, 0.5) is 0 Å². The fourth-order valence-corrected chi connectivity index (χ4v) is 3.10. The number of carboxylic acid groups (broad SMARTS) is 1. The Kier molecular flexibility index (Phi) is 4.25. The van der Waals surface area contributed by atoms with E-state index in [4.69, 9.17) is 16.3 Å². The lowest BCUT2D eigenvalue weighted by atomic mass is 10.1.